The summed E-state index contributed by atoms with van der Waals surface area (Å²) in [6.45, 7) is 5.56. The Bertz CT molecular complexity index is 1060. The van der Waals surface area contributed by atoms with Crippen LogP contribution in [0.3, 0.4) is 0 Å². The molecule has 1 N–H and O–H groups in total. The van der Waals surface area contributed by atoms with Crippen molar-refractivity contribution >= 4 is 34.1 Å². The zero-order chi connectivity index (χ0) is 19.6. The van der Waals surface area contributed by atoms with E-state index in [1.807, 2.05) is 26.8 Å². The number of carbonyl (C=O) groups excluding carboxylic acids is 1. The summed E-state index contributed by atoms with van der Waals surface area (Å²) in [6, 6.07) is 10.4. The summed E-state index contributed by atoms with van der Waals surface area (Å²) in [7, 11) is 0. The van der Waals surface area contributed by atoms with Gasteiger partial charge in [0.05, 0.1) is 28.4 Å². The minimum absolute atomic E-state index is 0.00106. The minimum Gasteiger partial charge on any atom is -0.489 e. The average Bonchev–Trinajstić information content (AvgIpc) is 2.60. The van der Waals surface area contributed by atoms with Crippen LogP contribution >= 0.6 is 11.6 Å². The Morgan fingerprint density at radius 3 is 2.78 bits per heavy atom. The van der Waals surface area contributed by atoms with Crippen LogP contribution in [0, 0.1) is 6.92 Å². The number of aryl methyl sites for hydroxylation is 1. The summed E-state index contributed by atoms with van der Waals surface area (Å²) in [5.41, 5.74) is 1.84. The molecule has 140 valence electrons. The number of hydrogen-bond acceptors (Lipinski definition) is 4. The SMILES string of the molecule is Cc1cccc2c(=O)n(CC(=O)Nc3ccc(OC(C)C)c(Cl)c3)cnc12. The fourth-order valence-corrected chi connectivity index (χ4v) is 2.96. The van der Waals surface area contributed by atoms with Gasteiger partial charge in [0.1, 0.15) is 12.3 Å². The minimum atomic E-state index is -0.348. The van der Waals surface area contributed by atoms with E-state index in [0.717, 1.165) is 5.56 Å². The molecule has 27 heavy (non-hydrogen) atoms. The molecule has 0 aliphatic rings. The molecule has 0 bridgehead atoms. The van der Waals surface area contributed by atoms with Crippen molar-refractivity contribution in [2.45, 2.75) is 33.4 Å². The van der Waals surface area contributed by atoms with Crippen LogP contribution in [-0.2, 0) is 11.3 Å². The zero-order valence-corrected chi connectivity index (χ0v) is 16.1. The number of rotatable bonds is 5. The normalized spacial score (nSPS) is 11.0. The summed E-state index contributed by atoms with van der Waals surface area (Å²) >= 11 is 6.18. The van der Waals surface area contributed by atoms with Crippen molar-refractivity contribution in [1.29, 1.82) is 0 Å². The quantitative estimate of drug-likeness (QED) is 0.725. The highest BCUT2D eigenvalue weighted by Gasteiger charge is 2.11. The Hall–Kier alpha value is -2.86. The summed E-state index contributed by atoms with van der Waals surface area (Å²) in [6.07, 6.45) is 1.39. The fraction of sp³-hybridized carbons (Fsp3) is 0.250. The molecule has 0 saturated heterocycles. The van der Waals surface area contributed by atoms with Crippen molar-refractivity contribution in [3.8, 4) is 5.75 Å². The van der Waals surface area contributed by atoms with Crippen LogP contribution in [-0.4, -0.2) is 21.6 Å². The zero-order valence-electron chi connectivity index (χ0n) is 15.3. The smallest absolute Gasteiger partial charge is 0.261 e. The van der Waals surface area contributed by atoms with Crippen LogP contribution in [0.5, 0.6) is 5.75 Å². The van der Waals surface area contributed by atoms with Gasteiger partial charge in [-0.1, -0.05) is 23.7 Å². The molecule has 1 heterocycles. The number of hydrogen-bond donors (Lipinski definition) is 1. The summed E-state index contributed by atoms with van der Waals surface area (Å²) in [5, 5.41) is 3.63. The van der Waals surface area contributed by atoms with E-state index in [1.165, 1.54) is 10.9 Å². The number of nitrogens with zero attached hydrogens (tertiary/aromatic N) is 2. The largest absolute Gasteiger partial charge is 0.489 e. The molecule has 0 spiro atoms. The topological polar surface area (TPSA) is 73.2 Å². The van der Waals surface area contributed by atoms with Gasteiger partial charge in [-0.15, -0.1) is 0 Å². The van der Waals surface area contributed by atoms with Gasteiger partial charge in [0.25, 0.3) is 5.56 Å². The van der Waals surface area contributed by atoms with Gasteiger partial charge in [0.15, 0.2) is 0 Å². The second-order valence-electron chi connectivity index (χ2n) is 6.51. The average molecular weight is 386 g/mol. The van der Waals surface area contributed by atoms with E-state index >= 15 is 0 Å². The van der Waals surface area contributed by atoms with Crippen LogP contribution in [0.1, 0.15) is 19.4 Å². The molecule has 0 fully saturated rings. The van der Waals surface area contributed by atoms with Gasteiger partial charge in [0.2, 0.25) is 5.91 Å². The highest BCUT2D eigenvalue weighted by atomic mass is 35.5. The number of ether oxygens (including phenoxy) is 1. The van der Waals surface area contributed by atoms with Crippen molar-refractivity contribution in [3.63, 3.8) is 0 Å². The Balaban J connectivity index is 1.77. The maximum absolute atomic E-state index is 12.6. The Morgan fingerprint density at radius 1 is 1.30 bits per heavy atom. The van der Waals surface area contributed by atoms with E-state index in [4.69, 9.17) is 16.3 Å². The molecule has 7 heteroatoms. The van der Waals surface area contributed by atoms with Gasteiger partial charge in [-0.3, -0.25) is 14.2 Å². The number of amides is 1. The van der Waals surface area contributed by atoms with Gasteiger partial charge >= 0.3 is 0 Å². The van der Waals surface area contributed by atoms with Crippen molar-refractivity contribution in [1.82, 2.24) is 9.55 Å². The number of carbonyl (C=O) groups is 1. The van der Waals surface area contributed by atoms with Gasteiger partial charge in [0, 0.05) is 5.69 Å². The van der Waals surface area contributed by atoms with Crippen molar-refractivity contribution in [3.05, 3.63) is 63.7 Å². The van der Waals surface area contributed by atoms with E-state index in [9.17, 15) is 9.59 Å². The van der Waals surface area contributed by atoms with E-state index in [0.29, 0.717) is 27.4 Å². The van der Waals surface area contributed by atoms with Crippen molar-refractivity contribution in [2.75, 3.05) is 5.32 Å². The van der Waals surface area contributed by atoms with Crippen LogP contribution < -0.4 is 15.6 Å². The predicted molar refractivity (Wildman–Crippen MR) is 107 cm³/mol. The first-order chi connectivity index (χ1) is 12.8. The van der Waals surface area contributed by atoms with E-state index < -0.39 is 0 Å². The number of para-hydroxylation sites is 1. The first kappa shape index (κ1) is 18.9. The maximum Gasteiger partial charge on any atom is 0.261 e. The summed E-state index contributed by atoms with van der Waals surface area (Å²) in [5.74, 6) is 0.203. The van der Waals surface area contributed by atoms with Crippen molar-refractivity contribution < 1.29 is 9.53 Å². The van der Waals surface area contributed by atoms with Crippen LogP contribution in [0.4, 0.5) is 5.69 Å². The van der Waals surface area contributed by atoms with Crippen LogP contribution in [0.15, 0.2) is 47.5 Å². The highest BCUT2D eigenvalue weighted by molar-refractivity contribution is 6.32. The summed E-state index contributed by atoms with van der Waals surface area (Å²) < 4.78 is 6.86. The first-order valence-corrected chi connectivity index (χ1v) is 8.94. The molecule has 3 aromatic rings. The number of halogens is 1. The standard InChI is InChI=1S/C20H20ClN3O3/c1-12(2)27-17-8-7-14(9-16(17)21)23-18(25)10-24-11-22-19-13(3)5-4-6-15(19)20(24)26/h4-9,11-12H,10H2,1-3H3,(H,23,25). The number of nitrogens with one attached hydrogen (secondary N) is 1. The number of aromatic nitrogens is 2. The van der Waals surface area contributed by atoms with Crippen LogP contribution in [0.25, 0.3) is 10.9 Å². The molecule has 0 radical (unpaired) electrons. The molecular weight excluding hydrogens is 366 g/mol. The lowest BCUT2D eigenvalue weighted by molar-refractivity contribution is -0.116. The lowest BCUT2D eigenvalue weighted by Gasteiger charge is -2.13. The second kappa shape index (κ2) is 7.80. The lowest BCUT2D eigenvalue weighted by Crippen LogP contribution is -2.28. The fourth-order valence-electron chi connectivity index (χ4n) is 2.73. The Kier molecular flexibility index (Phi) is 5.46. The maximum atomic E-state index is 12.6. The molecule has 6 nitrogen and oxygen atoms in total. The highest BCUT2D eigenvalue weighted by Crippen LogP contribution is 2.28. The first-order valence-electron chi connectivity index (χ1n) is 8.56. The molecule has 0 aliphatic carbocycles. The van der Waals surface area contributed by atoms with Crippen molar-refractivity contribution in [2.24, 2.45) is 0 Å². The van der Waals surface area contributed by atoms with E-state index in [-0.39, 0.29) is 24.1 Å². The van der Waals surface area contributed by atoms with Crippen LogP contribution in [0.2, 0.25) is 5.02 Å². The van der Waals surface area contributed by atoms with E-state index in [2.05, 4.69) is 10.3 Å². The van der Waals surface area contributed by atoms with Gasteiger partial charge in [-0.25, -0.2) is 4.98 Å². The van der Waals surface area contributed by atoms with Gasteiger partial charge < -0.3 is 10.1 Å². The molecule has 0 saturated carbocycles. The van der Waals surface area contributed by atoms with Gasteiger partial charge in [-0.05, 0) is 50.6 Å². The predicted octanol–water partition coefficient (Wildman–Crippen LogP) is 3.78. The molecule has 1 aromatic heterocycles. The van der Waals surface area contributed by atoms with Gasteiger partial charge in [-0.2, -0.15) is 0 Å². The molecule has 2 aromatic carbocycles. The molecule has 0 aliphatic heterocycles. The second-order valence-corrected chi connectivity index (χ2v) is 6.92. The monoisotopic (exact) mass is 385 g/mol. The molecule has 0 atom stereocenters. The lowest BCUT2D eigenvalue weighted by atomic mass is 10.1. The molecule has 3 rings (SSSR count). The Morgan fingerprint density at radius 2 is 2.07 bits per heavy atom. The third kappa shape index (κ3) is 4.28. The number of anilines is 1. The number of fused-ring (bicyclic) bond motifs is 1. The summed E-state index contributed by atoms with van der Waals surface area (Å²) in [4.78, 5) is 29.2. The van der Waals surface area contributed by atoms with E-state index in [1.54, 1.807) is 30.3 Å². The third-order valence-electron chi connectivity index (χ3n) is 3.95. The number of benzene rings is 2. The third-order valence-corrected chi connectivity index (χ3v) is 4.24. The molecule has 1 amide bonds. The molecular formula is C20H20ClN3O3. The molecule has 0 unspecified atom stereocenters. The Labute approximate surface area is 161 Å².